The number of aryl methyl sites for hydroxylation is 1. The molecular weight excluding hydrogens is 337 g/mol. The zero-order valence-electron chi connectivity index (χ0n) is 15.0. The highest BCUT2D eigenvalue weighted by Gasteiger charge is 2.17. The molecule has 0 aliphatic heterocycles. The lowest BCUT2D eigenvalue weighted by atomic mass is 10.1. The van der Waals surface area contributed by atoms with Crippen molar-refractivity contribution >= 4 is 16.7 Å². The second kappa shape index (κ2) is 7.21. The van der Waals surface area contributed by atoms with Crippen molar-refractivity contribution in [2.24, 2.45) is 0 Å². The van der Waals surface area contributed by atoms with Crippen molar-refractivity contribution in [1.82, 2.24) is 14.1 Å². The molecule has 0 aliphatic carbocycles. The lowest BCUT2D eigenvalue weighted by Crippen LogP contribution is -2.25. The lowest BCUT2D eigenvalue weighted by molar-refractivity contribution is 0.0969. The molecule has 0 saturated carbocycles. The summed E-state index contributed by atoms with van der Waals surface area (Å²) in [6.45, 7) is 4.89. The smallest absolute Gasteiger partial charge is 0.261 e. The molecule has 6 nitrogen and oxygen atoms in total. The van der Waals surface area contributed by atoms with Gasteiger partial charge in [-0.2, -0.15) is 0 Å². The lowest BCUT2D eigenvalue weighted by Gasteiger charge is -2.09. The highest BCUT2D eigenvalue weighted by atomic mass is 19.1. The predicted molar refractivity (Wildman–Crippen MR) is 96.1 cm³/mol. The van der Waals surface area contributed by atoms with Crippen molar-refractivity contribution in [3.8, 4) is 0 Å². The first-order valence-electron chi connectivity index (χ1n) is 8.26. The standard InChI is InChI=1S/C19H20FN3O3/c1-12-8-16(13(2)23(12)6-7-26-3)18(24)10-22-11-21-17-9-14(20)4-5-15(17)19(22)25/h4-5,8-9,11H,6-7,10H2,1-3H3. The number of ketones is 1. The number of ether oxygens (including phenoxy) is 1. The number of Topliss-reactive ketones (excluding diaryl/α,β-unsaturated/α-hetero) is 1. The first-order chi connectivity index (χ1) is 12.4. The number of benzene rings is 1. The number of fused-ring (bicyclic) bond motifs is 1. The Morgan fingerprint density at radius 3 is 2.77 bits per heavy atom. The third-order valence-corrected chi connectivity index (χ3v) is 4.49. The number of carbonyl (C=O) groups is 1. The summed E-state index contributed by atoms with van der Waals surface area (Å²) in [7, 11) is 1.63. The molecule has 0 atom stereocenters. The number of nitrogens with zero attached hydrogens (tertiary/aromatic N) is 3. The number of aromatic nitrogens is 3. The SMILES string of the molecule is COCCn1c(C)cc(C(=O)Cn2cnc3cc(F)ccc3c2=O)c1C. The number of halogens is 1. The summed E-state index contributed by atoms with van der Waals surface area (Å²) in [6, 6.07) is 5.62. The van der Waals surface area contributed by atoms with Crippen molar-refractivity contribution in [2.45, 2.75) is 26.9 Å². The second-order valence-corrected chi connectivity index (χ2v) is 6.19. The fraction of sp³-hybridized carbons (Fsp3) is 0.316. The Morgan fingerprint density at radius 2 is 2.04 bits per heavy atom. The molecule has 3 rings (SSSR count). The van der Waals surface area contributed by atoms with E-state index in [-0.39, 0.29) is 28.8 Å². The molecule has 0 spiro atoms. The summed E-state index contributed by atoms with van der Waals surface area (Å²) in [5.41, 5.74) is 2.29. The zero-order valence-corrected chi connectivity index (χ0v) is 15.0. The third-order valence-electron chi connectivity index (χ3n) is 4.49. The van der Waals surface area contributed by atoms with E-state index in [9.17, 15) is 14.0 Å². The average Bonchev–Trinajstić information content (AvgIpc) is 2.89. The molecule has 3 aromatic rings. The van der Waals surface area contributed by atoms with Gasteiger partial charge in [-0.05, 0) is 32.0 Å². The molecule has 7 heteroatoms. The van der Waals surface area contributed by atoms with Crippen molar-refractivity contribution in [3.63, 3.8) is 0 Å². The first kappa shape index (κ1) is 18.0. The van der Waals surface area contributed by atoms with E-state index in [1.807, 2.05) is 24.5 Å². The van der Waals surface area contributed by atoms with Crippen molar-refractivity contribution in [1.29, 1.82) is 0 Å². The van der Waals surface area contributed by atoms with Gasteiger partial charge in [0.05, 0.1) is 30.4 Å². The van der Waals surface area contributed by atoms with Crippen LogP contribution >= 0.6 is 0 Å². The van der Waals surface area contributed by atoms with E-state index in [4.69, 9.17) is 4.74 Å². The maximum atomic E-state index is 13.3. The summed E-state index contributed by atoms with van der Waals surface area (Å²) in [4.78, 5) is 29.3. The molecule has 0 unspecified atom stereocenters. The zero-order chi connectivity index (χ0) is 18.8. The van der Waals surface area contributed by atoms with Crippen LogP contribution in [0.5, 0.6) is 0 Å². The summed E-state index contributed by atoms with van der Waals surface area (Å²) in [5.74, 6) is -0.631. The van der Waals surface area contributed by atoms with E-state index in [0.29, 0.717) is 18.7 Å². The van der Waals surface area contributed by atoms with Crippen LogP contribution in [0, 0.1) is 19.7 Å². The van der Waals surface area contributed by atoms with E-state index in [1.165, 1.54) is 29.1 Å². The van der Waals surface area contributed by atoms with Gasteiger partial charge in [0, 0.05) is 36.7 Å². The fourth-order valence-corrected chi connectivity index (χ4v) is 3.09. The number of rotatable bonds is 6. The predicted octanol–water partition coefficient (Wildman–Crippen LogP) is 2.48. The van der Waals surface area contributed by atoms with Crippen LogP contribution < -0.4 is 5.56 Å². The molecule has 2 heterocycles. The van der Waals surface area contributed by atoms with Gasteiger partial charge in [0.25, 0.3) is 5.56 Å². The summed E-state index contributed by atoms with van der Waals surface area (Å²) >= 11 is 0. The van der Waals surface area contributed by atoms with Gasteiger partial charge >= 0.3 is 0 Å². The van der Waals surface area contributed by atoms with Crippen LogP contribution in [0.3, 0.4) is 0 Å². The third kappa shape index (κ3) is 3.30. The quantitative estimate of drug-likeness (QED) is 0.636. The number of methoxy groups -OCH3 is 1. The van der Waals surface area contributed by atoms with Crippen molar-refractivity contribution in [2.75, 3.05) is 13.7 Å². The molecule has 26 heavy (non-hydrogen) atoms. The Hall–Kier alpha value is -2.80. The molecule has 0 bridgehead atoms. The van der Waals surface area contributed by atoms with Gasteiger partial charge in [-0.15, -0.1) is 0 Å². The van der Waals surface area contributed by atoms with Gasteiger partial charge in [-0.25, -0.2) is 9.37 Å². The molecule has 0 fully saturated rings. The highest BCUT2D eigenvalue weighted by Crippen LogP contribution is 2.16. The van der Waals surface area contributed by atoms with Gasteiger partial charge < -0.3 is 9.30 Å². The normalized spacial score (nSPS) is 11.2. The summed E-state index contributed by atoms with van der Waals surface area (Å²) < 4.78 is 21.6. The molecule has 0 radical (unpaired) electrons. The monoisotopic (exact) mass is 357 g/mol. The molecule has 0 amide bonds. The summed E-state index contributed by atoms with van der Waals surface area (Å²) in [5, 5.41) is 0.285. The van der Waals surface area contributed by atoms with E-state index in [2.05, 4.69) is 4.98 Å². The highest BCUT2D eigenvalue weighted by molar-refractivity contribution is 5.97. The van der Waals surface area contributed by atoms with Crippen LogP contribution in [0.4, 0.5) is 4.39 Å². The van der Waals surface area contributed by atoms with E-state index in [1.54, 1.807) is 7.11 Å². The van der Waals surface area contributed by atoms with Gasteiger partial charge in [-0.3, -0.25) is 14.2 Å². The van der Waals surface area contributed by atoms with Crippen molar-refractivity contribution in [3.05, 3.63) is 63.7 Å². The van der Waals surface area contributed by atoms with Crippen LogP contribution in [0.15, 0.2) is 35.4 Å². The molecule has 0 saturated heterocycles. The molecule has 0 N–H and O–H groups in total. The maximum absolute atomic E-state index is 13.3. The van der Waals surface area contributed by atoms with Crippen LogP contribution in [0.25, 0.3) is 10.9 Å². The topological polar surface area (TPSA) is 66.1 Å². The fourth-order valence-electron chi connectivity index (χ4n) is 3.09. The van der Waals surface area contributed by atoms with Crippen LogP contribution in [-0.2, 0) is 17.8 Å². The Bertz CT molecular complexity index is 1040. The van der Waals surface area contributed by atoms with Gasteiger partial charge in [0.2, 0.25) is 0 Å². The minimum atomic E-state index is -0.457. The van der Waals surface area contributed by atoms with Crippen molar-refractivity contribution < 1.29 is 13.9 Å². The Kier molecular flexibility index (Phi) is 4.99. The number of carbonyl (C=O) groups excluding carboxylic acids is 1. The first-order valence-corrected chi connectivity index (χ1v) is 8.26. The Labute approximate surface area is 149 Å². The minimum absolute atomic E-state index is 0.117. The van der Waals surface area contributed by atoms with Gasteiger partial charge in [0.1, 0.15) is 5.82 Å². The maximum Gasteiger partial charge on any atom is 0.261 e. The molecule has 136 valence electrons. The number of hydrogen-bond acceptors (Lipinski definition) is 4. The van der Waals surface area contributed by atoms with Crippen LogP contribution in [0.2, 0.25) is 0 Å². The number of hydrogen-bond donors (Lipinski definition) is 0. The van der Waals surface area contributed by atoms with Gasteiger partial charge in [0.15, 0.2) is 5.78 Å². The van der Waals surface area contributed by atoms with E-state index >= 15 is 0 Å². The van der Waals surface area contributed by atoms with Crippen LogP contribution in [-0.4, -0.2) is 33.6 Å². The molecular formula is C19H20FN3O3. The second-order valence-electron chi connectivity index (χ2n) is 6.19. The molecule has 1 aromatic carbocycles. The summed E-state index contributed by atoms with van der Waals surface area (Å²) in [6.07, 6.45) is 1.28. The molecule has 0 aliphatic rings. The average molecular weight is 357 g/mol. The van der Waals surface area contributed by atoms with Crippen LogP contribution in [0.1, 0.15) is 21.7 Å². The van der Waals surface area contributed by atoms with E-state index < -0.39 is 5.82 Å². The van der Waals surface area contributed by atoms with Gasteiger partial charge in [-0.1, -0.05) is 0 Å². The Morgan fingerprint density at radius 1 is 1.27 bits per heavy atom. The van der Waals surface area contributed by atoms with E-state index in [0.717, 1.165) is 11.4 Å². The largest absolute Gasteiger partial charge is 0.383 e. The molecule has 2 aromatic heterocycles. The Balaban J connectivity index is 1.91. The minimum Gasteiger partial charge on any atom is -0.383 e.